The Morgan fingerprint density at radius 3 is 2.37 bits per heavy atom. The van der Waals surface area contributed by atoms with Crippen molar-refractivity contribution >= 4 is 22.8 Å². The molecule has 6 nitrogen and oxygen atoms in total. The monoisotopic (exact) mass is 518 g/mol. The van der Waals surface area contributed by atoms with Crippen molar-refractivity contribution in [1.29, 1.82) is 0 Å². The van der Waals surface area contributed by atoms with E-state index in [2.05, 4.69) is 0 Å². The van der Waals surface area contributed by atoms with Crippen LogP contribution in [0.4, 0.5) is 8.78 Å². The number of fused-ring (bicyclic) bond motifs is 1. The minimum absolute atomic E-state index is 0.0773. The van der Waals surface area contributed by atoms with Gasteiger partial charge in [-0.2, -0.15) is 0 Å². The van der Waals surface area contributed by atoms with Crippen LogP contribution >= 0.6 is 0 Å². The van der Waals surface area contributed by atoms with Crippen LogP contribution in [-0.4, -0.2) is 34.2 Å². The summed E-state index contributed by atoms with van der Waals surface area (Å²) in [5, 5.41) is 0.390. The number of carbonyl (C=O) groups is 2. The fraction of sp³-hybridized carbons (Fsp3) is 0.233. The molecule has 0 aliphatic rings. The predicted molar refractivity (Wildman–Crippen MR) is 140 cm³/mol. The van der Waals surface area contributed by atoms with Gasteiger partial charge in [-0.1, -0.05) is 37.3 Å². The van der Waals surface area contributed by atoms with E-state index in [-0.39, 0.29) is 42.2 Å². The lowest BCUT2D eigenvalue weighted by Crippen LogP contribution is -2.46. The summed E-state index contributed by atoms with van der Waals surface area (Å²) in [5.74, 6) is -1.86. The van der Waals surface area contributed by atoms with Gasteiger partial charge < -0.3 is 14.2 Å². The van der Waals surface area contributed by atoms with Gasteiger partial charge in [0.1, 0.15) is 23.8 Å². The van der Waals surface area contributed by atoms with Crippen molar-refractivity contribution in [2.24, 2.45) is 0 Å². The lowest BCUT2D eigenvalue weighted by atomic mass is 10.1. The van der Waals surface area contributed by atoms with E-state index < -0.39 is 23.4 Å². The van der Waals surface area contributed by atoms with Crippen LogP contribution in [0.15, 0.2) is 88.3 Å². The second kappa shape index (κ2) is 11.8. The van der Waals surface area contributed by atoms with E-state index in [1.807, 2.05) is 13.8 Å². The zero-order valence-electron chi connectivity index (χ0n) is 21.2. The van der Waals surface area contributed by atoms with E-state index in [0.29, 0.717) is 23.0 Å². The van der Waals surface area contributed by atoms with Crippen molar-refractivity contribution < 1.29 is 22.8 Å². The smallest absolute Gasteiger partial charge is 0.254 e. The molecule has 0 fully saturated rings. The largest absolute Gasteiger partial charge is 0.464 e. The molecular weight excluding hydrogens is 490 g/mol. The lowest BCUT2D eigenvalue weighted by molar-refractivity contribution is -0.133. The molecule has 4 aromatic rings. The highest BCUT2D eigenvalue weighted by atomic mass is 19.1. The van der Waals surface area contributed by atoms with E-state index >= 15 is 0 Å². The lowest BCUT2D eigenvalue weighted by Gasteiger charge is -2.31. The van der Waals surface area contributed by atoms with Crippen molar-refractivity contribution in [3.63, 3.8) is 0 Å². The molecule has 0 N–H and O–H groups in total. The number of hydrogen-bond donors (Lipinski definition) is 0. The minimum atomic E-state index is -0.549. The Labute approximate surface area is 219 Å². The number of para-hydroxylation sites is 1. The fourth-order valence-corrected chi connectivity index (χ4v) is 4.16. The summed E-state index contributed by atoms with van der Waals surface area (Å²) in [6.07, 6.45) is 1.90. The summed E-state index contributed by atoms with van der Waals surface area (Å²) in [6.45, 7) is 3.41. The van der Waals surface area contributed by atoms with Gasteiger partial charge in [0.15, 0.2) is 5.43 Å². The maximum Gasteiger partial charge on any atom is 0.254 e. The van der Waals surface area contributed by atoms with Crippen LogP contribution in [0.3, 0.4) is 0 Å². The third kappa shape index (κ3) is 6.14. The average molecular weight is 519 g/mol. The number of amides is 2. The zero-order valence-corrected chi connectivity index (χ0v) is 21.2. The van der Waals surface area contributed by atoms with Crippen LogP contribution in [0.2, 0.25) is 0 Å². The highest BCUT2D eigenvalue weighted by Crippen LogP contribution is 2.17. The second-order valence-electron chi connectivity index (χ2n) is 9.16. The number of carbonyl (C=O) groups excluding carboxylic acids is 2. The molecule has 0 radical (unpaired) electrons. The quantitative estimate of drug-likeness (QED) is 0.292. The number of nitrogens with zero attached hydrogens (tertiary/aromatic N) is 2. The Balaban J connectivity index is 1.66. The number of hydrogen-bond acceptors (Lipinski definition) is 4. The molecule has 0 bridgehead atoms. The standard InChI is InChI=1S/C30H28F2N2O4/c1-3-20(2)34(30(37)22-7-6-8-25(32)15-22)18-28(35)33(16-21-11-13-24(31)14-12-21)17-23-19-38-27-10-5-4-9-26(27)29(23)36/h4-15,19-20H,3,16-18H2,1-2H3. The number of halogens is 2. The second-order valence-corrected chi connectivity index (χ2v) is 9.16. The van der Waals surface area contributed by atoms with Crippen LogP contribution < -0.4 is 5.43 Å². The zero-order chi connectivity index (χ0) is 27.2. The molecule has 1 aromatic heterocycles. The van der Waals surface area contributed by atoms with Gasteiger partial charge in [-0.05, 0) is 61.4 Å². The molecule has 0 aliphatic heterocycles. The van der Waals surface area contributed by atoms with Gasteiger partial charge in [0, 0.05) is 18.2 Å². The van der Waals surface area contributed by atoms with Crippen molar-refractivity contribution in [2.45, 2.75) is 39.4 Å². The van der Waals surface area contributed by atoms with Crippen molar-refractivity contribution in [1.82, 2.24) is 9.80 Å². The van der Waals surface area contributed by atoms with Crippen molar-refractivity contribution in [2.75, 3.05) is 6.54 Å². The molecular formula is C30H28F2N2O4. The van der Waals surface area contributed by atoms with Gasteiger partial charge in [0.2, 0.25) is 5.91 Å². The highest BCUT2D eigenvalue weighted by Gasteiger charge is 2.27. The van der Waals surface area contributed by atoms with Crippen LogP contribution in [-0.2, 0) is 17.9 Å². The summed E-state index contributed by atoms with van der Waals surface area (Å²) < 4.78 is 32.9. The molecule has 0 saturated carbocycles. The molecule has 0 spiro atoms. The van der Waals surface area contributed by atoms with E-state index in [4.69, 9.17) is 4.42 Å². The Morgan fingerprint density at radius 1 is 0.921 bits per heavy atom. The average Bonchev–Trinajstić information content (AvgIpc) is 2.93. The third-order valence-corrected chi connectivity index (χ3v) is 6.51. The van der Waals surface area contributed by atoms with Crippen LogP contribution in [0.5, 0.6) is 0 Å². The van der Waals surface area contributed by atoms with E-state index in [1.165, 1.54) is 46.4 Å². The normalized spacial score (nSPS) is 11.8. The maximum atomic E-state index is 13.8. The summed E-state index contributed by atoms with van der Waals surface area (Å²) in [5.41, 5.74) is 1.22. The van der Waals surface area contributed by atoms with Gasteiger partial charge in [0.05, 0.1) is 23.8 Å². The first-order valence-corrected chi connectivity index (χ1v) is 12.3. The SMILES string of the molecule is CCC(C)N(CC(=O)N(Cc1ccc(F)cc1)Cc1coc2ccccc2c1=O)C(=O)c1cccc(F)c1. The van der Waals surface area contributed by atoms with E-state index in [0.717, 1.165) is 6.07 Å². The van der Waals surface area contributed by atoms with Gasteiger partial charge >= 0.3 is 0 Å². The highest BCUT2D eigenvalue weighted by molar-refractivity contribution is 5.96. The van der Waals surface area contributed by atoms with Crippen LogP contribution in [0, 0.1) is 11.6 Å². The molecule has 0 aliphatic carbocycles. The predicted octanol–water partition coefficient (Wildman–Crippen LogP) is 5.54. The molecule has 1 heterocycles. The van der Waals surface area contributed by atoms with Gasteiger partial charge in [-0.15, -0.1) is 0 Å². The Bertz CT molecular complexity index is 1500. The molecule has 1 unspecified atom stereocenters. The Kier molecular flexibility index (Phi) is 8.31. The molecule has 3 aromatic carbocycles. The van der Waals surface area contributed by atoms with E-state index in [1.54, 1.807) is 36.4 Å². The van der Waals surface area contributed by atoms with Gasteiger partial charge in [-0.25, -0.2) is 8.78 Å². The molecule has 8 heteroatoms. The van der Waals surface area contributed by atoms with Crippen LogP contribution in [0.1, 0.15) is 41.8 Å². The Hall–Kier alpha value is -4.33. The molecule has 38 heavy (non-hydrogen) atoms. The van der Waals surface area contributed by atoms with Crippen LogP contribution in [0.25, 0.3) is 11.0 Å². The number of benzene rings is 3. The Morgan fingerprint density at radius 2 is 1.66 bits per heavy atom. The topological polar surface area (TPSA) is 70.8 Å². The van der Waals surface area contributed by atoms with E-state index in [9.17, 15) is 23.2 Å². The molecule has 4 rings (SSSR count). The molecule has 1 atom stereocenters. The van der Waals surface area contributed by atoms with Gasteiger partial charge in [-0.3, -0.25) is 14.4 Å². The first-order chi connectivity index (χ1) is 18.3. The number of rotatable bonds is 9. The molecule has 196 valence electrons. The summed E-state index contributed by atoms with van der Waals surface area (Å²) in [4.78, 5) is 42.9. The minimum Gasteiger partial charge on any atom is -0.464 e. The summed E-state index contributed by atoms with van der Waals surface area (Å²) in [6, 6.07) is 17.5. The first-order valence-electron chi connectivity index (χ1n) is 12.3. The maximum absolute atomic E-state index is 13.8. The third-order valence-electron chi connectivity index (χ3n) is 6.51. The first kappa shape index (κ1) is 26.7. The fourth-order valence-electron chi connectivity index (χ4n) is 4.16. The van der Waals surface area contributed by atoms with Gasteiger partial charge in [0.25, 0.3) is 5.91 Å². The van der Waals surface area contributed by atoms with Crippen molar-refractivity contribution in [3.8, 4) is 0 Å². The summed E-state index contributed by atoms with van der Waals surface area (Å²) in [7, 11) is 0. The van der Waals surface area contributed by atoms with Crippen molar-refractivity contribution in [3.05, 3.63) is 118 Å². The summed E-state index contributed by atoms with van der Waals surface area (Å²) >= 11 is 0. The molecule has 0 saturated heterocycles. The molecule has 2 amide bonds.